The van der Waals surface area contributed by atoms with Crippen LogP contribution in [0.15, 0.2) is 18.2 Å². The molecule has 2 unspecified atom stereocenters. The van der Waals surface area contributed by atoms with Gasteiger partial charge in [-0.2, -0.15) is 0 Å². The number of benzene rings is 1. The molecule has 1 aromatic rings. The smallest absolute Gasteiger partial charge is 0.0737 e. The lowest BCUT2D eigenvalue weighted by Gasteiger charge is -2.38. The van der Waals surface area contributed by atoms with Crippen molar-refractivity contribution in [2.75, 3.05) is 13.1 Å². The quantitative estimate of drug-likeness (QED) is 0.869. The second-order valence-electron chi connectivity index (χ2n) is 4.91. The molecule has 0 amide bonds. The predicted molar refractivity (Wildman–Crippen MR) is 71.8 cm³/mol. The van der Waals surface area contributed by atoms with Crippen molar-refractivity contribution in [3.8, 4) is 0 Å². The summed E-state index contributed by atoms with van der Waals surface area (Å²) in [5, 5.41) is 15.2. The molecule has 2 atom stereocenters. The van der Waals surface area contributed by atoms with Gasteiger partial charge in [0.15, 0.2) is 0 Å². The van der Waals surface area contributed by atoms with Crippen molar-refractivity contribution in [2.24, 2.45) is 5.92 Å². The summed E-state index contributed by atoms with van der Waals surface area (Å²) in [6.07, 6.45) is 1.37. The molecule has 0 radical (unpaired) electrons. The Morgan fingerprint density at radius 1 is 1.35 bits per heavy atom. The van der Waals surface area contributed by atoms with Gasteiger partial charge in [-0.1, -0.05) is 30.1 Å². The first-order valence-corrected chi connectivity index (χ1v) is 6.63. The molecular weight excluding hydrogens is 257 g/mol. The minimum absolute atomic E-state index is 0.231. The summed E-state index contributed by atoms with van der Waals surface area (Å²) in [6, 6.07) is 5.46. The van der Waals surface area contributed by atoms with Gasteiger partial charge in [-0.05, 0) is 42.6 Å². The molecule has 1 aliphatic rings. The highest BCUT2D eigenvalue weighted by molar-refractivity contribution is 6.34. The minimum Gasteiger partial charge on any atom is -0.389 e. The van der Waals surface area contributed by atoms with Gasteiger partial charge in [-0.25, -0.2) is 0 Å². The molecule has 0 aliphatic carbocycles. The number of rotatable bonds is 2. The van der Waals surface area contributed by atoms with Crippen LogP contribution in [-0.4, -0.2) is 23.8 Å². The Morgan fingerprint density at radius 2 is 2.00 bits per heavy atom. The van der Waals surface area contributed by atoms with Crippen molar-refractivity contribution in [1.29, 1.82) is 0 Å². The molecule has 1 aromatic carbocycles. The van der Waals surface area contributed by atoms with E-state index in [-0.39, 0.29) is 5.92 Å². The maximum atomic E-state index is 10.6. The van der Waals surface area contributed by atoms with Crippen molar-refractivity contribution < 1.29 is 5.11 Å². The zero-order valence-electron chi connectivity index (χ0n) is 9.84. The molecular formula is C13H17Cl2NO. The van der Waals surface area contributed by atoms with E-state index in [4.69, 9.17) is 23.2 Å². The van der Waals surface area contributed by atoms with Crippen LogP contribution in [0, 0.1) is 5.92 Å². The highest BCUT2D eigenvalue weighted by Crippen LogP contribution is 2.30. The second kappa shape index (κ2) is 5.15. The Kier molecular flexibility index (Phi) is 3.99. The summed E-state index contributed by atoms with van der Waals surface area (Å²) < 4.78 is 0. The van der Waals surface area contributed by atoms with Crippen molar-refractivity contribution in [1.82, 2.24) is 5.32 Å². The van der Waals surface area contributed by atoms with E-state index in [1.807, 2.05) is 12.1 Å². The van der Waals surface area contributed by atoms with Gasteiger partial charge < -0.3 is 10.4 Å². The summed E-state index contributed by atoms with van der Waals surface area (Å²) >= 11 is 11.9. The van der Waals surface area contributed by atoms with Gasteiger partial charge >= 0.3 is 0 Å². The molecule has 0 aromatic heterocycles. The lowest BCUT2D eigenvalue weighted by atomic mass is 9.78. The standard InChI is InChI=1S/C13H17Cl2NO/c1-9-8-16-3-2-13(9,17)7-10-4-11(14)6-12(15)5-10/h4-6,9,16-17H,2-3,7-8H2,1H3. The third kappa shape index (κ3) is 3.14. The maximum absolute atomic E-state index is 10.6. The van der Waals surface area contributed by atoms with Crippen molar-refractivity contribution in [3.05, 3.63) is 33.8 Å². The van der Waals surface area contributed by atoms with Crippen LogP contribution < -0.4 is 5.32 Å². The predicted octanol–water partition coefficient (Wildman–Crippen LogP) is 2.90. The van der Waals surface area contributed by atoms with Crippen LogP contribution in [0.5, 0.6) is 0 Å². The lowest BCUT2D eigenvalue weighted by Crippen LogP contribution is -2.50. The molecule has 2 N–H and O–H groups in total. The van der Waals surface area contributed by atoms with Crippen molar-refractivity contribution in [2.45, 2.75) is 25.4 Å². The first-order valence-electron chi connectivity index (χ1n) is 5.88. The van der Waals surface area contributed by atoms with Gasteiger partial charge in [0.2, 0.25) is 0 Å². The maximum Gasteiger partial charge on any atom is 0.0737 e. The molecule has 1 saturated heterocycles. The van der Waals surface area contributed by atoms with Crippen LogP contribution >= 0.6 is 23.2 Å². The zero-order valence-corrected chi connectivity index (χ0v) is 11.4. The first kappa shape index (κ1) is 13.2. The van der Waals surface area contributed by atoms with Crippen LogP contribution in [0.2, 0.25) is 10.0 Å². The molecule has 94 valence electrons. The van der Waals surface area contributed by atoms with Crippen LogP contribution in [0.4, 0.5) is 0 Å². The van der Waals surface area contributed by atoms with E-state index in [0.717, 1.165) is 25.1 Å². The summed E-state index contributed by atoms with van der Waals surface area (Å²) in [5.41, 5.74) is 0.345. The van der Waals surface area contributed by atoms with Gasteiger partial charge in [0.05, 0.1) is 5.60 Å². The van der Waals surface area contributed by atoms with Gasteiger partial charge in [-0.15, -0.1) is 0 Å². The van der Waals surface area contributed by atoms with Crippen molar-refractivity contribution >= 4 is 23.2 Å². The highest BCUT2D eigenvalue weighted by atomic mass is 35.5. The fraction of sp³-hybridized carbons (Fsp3) is 0.538. The van der Waals surface area contributed by atoms with Crippen LogP contribution in [0.3, 0.4) is 0 Å². The van der Waals surface area contributed by atoms with E-state index < -0.39 is 5.60 Å². The lowest BCUT2D eigenvalue weighted by molar-refractivity contribution is -0.0329. The number of halogens is 2. The Labute approximate surface area is 112 Å². The molecule has 2 nitrogen and oxygen atoms in total. The molecule has 2 rings (SSSR count). The molecule has 17 heavy (non-hydrogen) atoms. The third-order valence-electron chi connectivity index (χ3n) is 3.54. The van der Waals surface area contributed by atoms with Gasteiger partial charge in [0.1, 0.15) is 0 Å². The highest BCUT2D eigenvalue weighted by Gasteiger charge is 2.36. The Balaban J connectivity index is 2.18. The Bertz CT molecular complexity index is 390. The van der Waals surface area contributed by atoms with E-state index in [2.05, 4.69) is 12.2 Å². The van der Waals surface area contributed by atoms with Gasteiger partial charge in [0, 0.05) is 23.0 Å². The molecule has 0 saturated carbocycles. The number of nitrogens with one attached hydrogen (secondary N) is 1. The largest absolute Gasteiger partial charge is 0.389 e. The summed E-state index contributed by atoms with van der Waals surface area (Å²) in [6.45, 7) is 3.78. The van der Waals surface area contributed by atoms with E-state index in [1.54, 1.807) is 6.07 Å². The average molecular weight is 274 g/mol. The normalized spacial score (nSPS) is 29.3. The van der Waals surface area contributed by atoms with E-state index in [1.165, 1.54) is 0 Å². The van der Waals surface area contributed by atoms with Crippen molar-refractivity contribution in [3.63, 3.8) is 0 Å². The van der Waals surface area contributed by atoms with Crippen LogP contribution in [-0.2, 0) is 6.42 Å². The number of aliphatic hydroxyl groups is 1. The number of hydrogen-bond donors (Lipinski definition) is 2. The van der Waals surface area contributed by atoms with Crippen LogP contribution in [0.25, 0.3) is 0 Å². The summed E-state index contributed by atoms with van der Waals surface area (Å²) in [7, 11) is 0. The average Bonchev–Trinajstić information content (AvgIpc) is 2.21. The first-order chi connectivity index (χ1) is 7.99. The molecule has 1 fully saturated rings. The fourth-order valence-corrected chi connectivity index (χ4v) is 2.96. The third-order valence-corrected chi connectivity index (χ3v) is 3.97. The fourth-order valence-electron chi connectivity index (χ4n) is 2.39. The monoisotopic (exact) mass is 273 g/mol. The van der Waals surface area contributed by atoms with E-state index in [9.17, 15) is 5.11 Å². The van der Waals surface area contributed by atoms with E-state index >= 15 is 0 Å². The van der Waals surface area contributed by atoms with Gasteiger partial charge in [-0.3, -0.25) is 0 Å². The number of piperidine rings is 1. The molecule has 4 heteroatoms. The summed E-state index contributed by atoms with van der Waals surface area (Å²) in [4.78, 5) is 0. The summed E-state index contributed by atoms with van der Waals surface area (Å²) in [5.74, 6) is 0.231. The van der Waals surface area contributed by atoms with Gasteiger partial charge in [0.25, 0.3) is 0 Å². The molecule has 0 spiro atoms. The molecule has 1 aliphatic heterocycles. The SMILES string of the molecule is CC1CNCCC1(O)Cc1cc(Cl)cc(Cl)c1. The zero-order chi connectivity index (χ0) is 12.5. The topological polar surface area (TPSA) is 32.3 Å². The number of hydrogen-bond acceptors (Lipinski definition) is 2. The Morgan fingerprint density at radius 3 is 2.59 bits per heavy atom. The Hall–Kier alpha value is -0.280. The second-order valence-corrected chi connectivity index (χ2v) is 5.79. The van der Waals surface area contributed by atoms with Crippen LogP contribution in [0.1, 0.15) is 18.9 Å². The molecule has 1 heterocycles. The minimum atomic E-state index is -0.654. The molecule has 0 bridgehead atoms. The van der Waals surface area contributed by atoms with E-state index in [0.29, 0.717) is 16.5 Å².